The third-order valence-electron chi connectivity index (χ3n) is 2.26. The van der Waals surface area contributed by atoms with E-state index in [4.69, 9.17) is 21.4 Å². The minimum absolute atomic E-state index is 0.0181. The highest BCUT2D eigenvalue weighted by atomic mass is 35.5. The Balaban J connectivity index is 2.33. The summed E-state index contributed by atoms with van der Waals surface area (Å²) in [6.07, 6.45) is 0. The molecule has 2 nitrogen and oxygen atoms in total. The van der Waals surface area contributed by atoms with Crippen molar-refractivity contribution in [3.05, 3.63) is 58.6 Å². The second kappa shape index (κ2) is 5.33. The molecule has 0 heterocycles. The van der Waals surface area contributed by atoms with Gasteiger partial charge in [-0.1, -0.05) is 11.6 Å². The molecular weight excluding hydrogens is 262 g/mol. The molecule has 0 spiro atoms. The zero-order valence-electron chi connectivity index (χ0n) is 9.16. The van der Waals surface area contributed by atoms with Gasteiger partial charge in [0.05, 0.1) is 6.61 Å². The molecule has 0 aromatic heterocycles. The van der Waals surface area contributed by atoms with E-state index in [0.717, 1.165) is 18.2 Å². The predicted octanol–water partition coefficient (Wildman–Crippen LogP) is 3.90. The third kappa shape index (κ3) is 2.97. The summed E-state index contributed by atoms with van der Waals surface area (Å²) in [6, 6.07) is 7.47. The molecule has 18 heavy (non-hydrogen) atoms. The molecule has 94 valence electrons. The summed E-state index contributed by atoms with van der Waals surface area (Å²) in [6.45, 7) is -0.284. The normalized spacial score (nSPS) is 10.4. The molecular formula is C13H9ClF2O2. The number of hydrogen-bond acceptors (Lipinski definition) is 2. The number of ether oxygens (including phenoxy) is 1. The van der Waals surface area contributed by atoms with Gasteiger partial charge in [-0.2, -0.15) is 0 Å². The highest BCUT2D eigenvalue weighted by Gasteiger charge is 2.07. The lowest BCUT2D eigenvalue weighted by Gasteiger charge is -2.10. The zero-order valence-corrected chi connectivity index (χ0v) is 9.92. The average Bonchev–Trinajstić information content (AvgIpc) is 2.30. The molecule has 0 aliphatic heterocycles. The van der Waals surface area contributed by atoms with E-state index in [2.05, 4.69) is 0 Å². The molecule has 0 saturated heterocycles. The van der Waals surface area contributed by atoms with Gasteiger partial charge in [-0.25, -0.2) is 8.78 Å². The molecule has 0 unspecified atom stereocenters. The largest absolute Gasteiger partial charge is 0.457 e. The van der Waals surface area contributed by atoms with Gasteiger partial charge in [-0.05, 0) is 18.2 Å². The number of aliphatic hydroxyl groups is 1. The Morgan fingerprint density at radius 1 is 1.06 bits per heavy atom. The van der Waals surface area contributed by atoms with Gasteiger partial charge >= 0.3 is 0 Å². The topological polar surface area (TPSA) is 29.5 Å². The molecule has 0 aliphatic rings. The van der Waals surface area contributed by atoms with Crippen molar-refractivity contribution >= 4 is 11.6 Å². The van der Waals surface area contributed by atoms with Crippen molar-refractivity contribution in [3.8, 4) is 11.5 Å². The molecule has 0 atom stereocenters. The van der Waals surface area contributed by atoms with Gasteiger partial charge in [-0.15, -0.1) is 0 Å². The molecule has 0 saturated carbocycles. The molecule has 2 aromatic carbocycles. The van der Waals surface area contributed by atoms with Crippen LogP contribution in [0.1, 0.15) is 5.56 Å². The molecule has 5 heteroatoms. The lowest BCUT2D eigenvalue weighted by Crippen LogP contribution is -1.93. The van der Waals surface area contributed by atoms with Crippen molar-refractivity contribution < 1.29 is 18.6 Å². The zero-order chi connectivity index (χ0) is 13.1. The maximum atomic E-state index is 13.0. The fraction of sp³-hybridized carbons (Fsp3) is 0.0769. The van der Waals surface area contributed by atoms with Crippen LogP contribution in [0, 0.1) is 11.6 Å². The second-order valence-corrected chi connectivity index (χ2v) is 4.05. The minimum atomic E-state index is -0.732. The van der Waals surface area contributed by atoms with E-state index in [-0.39, 0.29) is 12.4 Å². The molecule has 1 N–H and O–H groups in total. The SMILES string of the molecule is OCc1cc(Cl)ccc1Oc1cc(F)cc(F)c1. The monoisotopic (exact) mass is 270 g/mol. The summed E-state index contributed by atoms with van der Waals surface area (Å²) in [5.41, 5.74) is 0.437. The highest BCUT2D eigenvalue weighted by molar-refractivity contribution is 6.30. The molecule has 0 amide bonds. The van der Waals surface area contributed by atoms with Crippen LogP contribution < -0.4 is 4.74 Å². The van der Waals surface area contributed by atoms with E-state index in [1.165, 1.54) is 12.1 Å². The van der Waals surface area contributed by atoms with Crippen LogP contribution in [-0.2, 0) is 6.61 Å². The second-order valence-electron chi connectivity index (χ2n) is 3.62. The van der Waals surface area contributed by atoms with Gasteiger partial charge in [0, 0.05) is 28.8 Å². The van der Waals surface area contributed by atoms with Gasteiger partial charge < -0.3 is 9.84 Å². The summed E-state index contributed by atoms with van der Waals surface area (Å²) >= 11 is 5.76. The van der Waals surface area contributed by atoms with E-state index >= 15 is 0 Å². The van der Waals surface area contributed by atoms with Gasteiger partial charge in [0.1, 0.15) is 23.1 Å². The predicted molar refractivity (Wildman–Crippen MR) is 63.8 cm³/mol. The number of rotatable bonds is 3. The average molecular weight is 271 g/mol. The van der Waals surface area contributed by atoms with Crippen molar-refractivity contribution in [2.45, 2.75) is 6.61 Å². The van der Waals surface area contributed by atoms with Crippen molar-refractivity contribution in [1.82, 2.24) is 0 Å². The van der Waals surface area contributed by atoms with Crippen molar-refractivity contribution in [1.29, 1.82) is 0 Å². The number of hydrogen-bond donors (Lipinski definition) is 1. The maximum Gasteiger partial charge on any atom is 0.133 e. The minimum Gasteiger partial charge on any atom is -0.457 e. The summed E-state index contributed by atoms with van der Waals surface area (Å²) < 4.78 is 31.3. The van der Waals surface area contributed by atoms with E-state index < -0.39 is 11.6 Å². The van der Waals surface area contributed by atoms with Crippen molar-refractivity contribution in [2.75, 3.05) is 0 Å². The molecule has 0 fully saturated rings. The van der Waals surface area contributed by atoms with Crippen LogP contribution >= 0.6 is 11.6 Å². The number of halogens is 3. The summed E-state index contributed by atoms with van der Waals surface area (Å²) in [4.78, 5) is 0. The van der Waals surface area contributed by atoms with Gasteiger partial charge in [0.15, 0.2) is 0 Å². The van der Waals surface area contributed by atoms with Crippen molar-refractivity contribution in [2.24, 2.45) is 0 Å². The van der Waals surface area contributed by atoms with Gasteiger partial charge in [0.25, 0.3) is 0 Å². The first-order valence-electron chi connectivity index (χ1n) is 5.12. The first kappa shape index (κ1) is 12.8. The molecule has 2 aromatic rings. The molecule has 0 bridgehead atoms. The van der Waals surface area contributed by atoms with E-state index in [1.807, 2.05) is 0 Å². The van der Waals surface area contributed by atoms with Crippen LogP contribution in [0.3, 0.4) is 0 Å². The Labute approximate surface area is 107 Å². The number of aliphatic hydroxyl groups excluding tert-OH is 1. The summed E-state index contributed by atoms with van der Waals surface area (Å²) in [5, 5.41) is 9.58. The molecule has 0 aliphatic carbocycles. The quantitative estimate of drug-likeness (QED) is 0.916. The fourth-order valence-corrected chi connectivity index (χ4v) is 1.68. The van der Waals surface area contributed by atoms with Crippen LogP contribution in [0.5, 0.6) is 11.5 Å². The fourth-order valence-electron chi connectivity index (χ4n) is 1.49. The number of benzene rings is 2. The molecule has 0 radical (unpaired) electrons. The van der Waals surface area contributed by atoms with Gasteiger partial charge in [0.2, 0.25) is 0 Å². The van der Waals surface area contributed by atoms with Crippen molar-refractivity contribution in [3.63, 3.8) is 0 Å². The van der Waals surface area contributed by atoms with E-state index in [9.17, 15) is 8.78 Å². The van der Waals surface area contributed by atoms with Crippen LogP contribution in [0.15, 0.2) is 36.4 Å². The van der Waals surface area contributed by atoms with E-state index in [0.29, 0.717) is 16.3 Å². The Morgan fingerprint density at radius 3 is 2.33 bits per heavy atom. The third-order valence-corrected chi connectivity index (χ3v) is 2.49. The Bertz CT molecular complexity index is 553. The molecule has 2 rings (SSSR count). The highest BCUT2D eigenvalue weighted by Crippen LogP contribution is 2.28. The van der Waals surface area contributed by atoms with E-state index in [1.54, 1.807) is 6.07 Å². The first-order chi connectivity index (χ1) is 8.58. The maximum absolute atomic E-state index is 13.0. The van der Waals surface area contributed by atoms with Crippen LogP contribution in [0.2, 0.25) is 5.02 Å². The van der Waals surface area contributed by atoms with Gasteiger partial charge in [-0.3, -0.25) is 0 Å². The first-order valence-corrected chi connectivity index (χ1v) is 5.49. The van der Waals surface area contributed by atoms with Crippen LogP contribution in [0.4, 0.5) is 8.78 Å². The van der Waals surface area contributed by atoms with Crippen LogP contribution in [0.25, 0.3) is 0 Å². The summed E-state index contributed by atoms with van der Waals surface area (Å²) in [5.74, 6) is -1.15. The Kier molecular flexibility index (Phi) is 3.79. The standard InChI is InChI=1S/C13H9ClF2O2/c14-9-1-2-13(8(3-9)7-17)18-12-5-10(15)4-11(16)6-12/h1-6,17H,7H2. The lowest BCUT2D eigenvalue weighted by molar-refractivity contribution is 0.276. The smallest absolute Gasteiger partial charge is 0.133 e. The Hall–Kier alpha value is -1.65. The lowest BCUT2D eigenvalue weighted by atomic mass is 10.2. The van der Waals surface area contributed by atoms with Crippen LogP contribution in [-0.4, -0.2) is 5.11 Å². The summed E-state index contributed by atoms with van der Waals surface area (Å²) in [7, 11) is 0. The Morgan fingerprint density at radius 2 is 1.72 bits per heavy atom.